The molecule has 3 aromatic rings. The van der Waals surface area contributed by atoms with Crippen molar-refractivity contribution < 1.29 is 34.2 Å². The predicted molar refractivity (Wildman–Crippen MR) is 133 cm³/mol. The van der Waals surface area contributed by atoms with Crippen LogP contribution < -0.4 is 5.32 Å². The molecule has 2 aliphatic rings. The summed E-state index contributed by atoms with van der Waals surface area (Å²) < 4.78 is 1.50. The van der Waals surface area contributed by atoms with Gasteiger partial charge in [-0.25, -0.2) is 14.6 Å². The number of aliphatic carboxylic acids is 2. The van der Waals surface area contributed by atoms with E-state index in [1.54, 1.807) is 12.1 Å². The van der Waals surface area contributed by atoms with Gasteiger partial charge in [-0.1, -0.05) is 5.16 Å². The lowest BCUT2D eigenvalue weighted by Crippen LogP contribution is -2.71. The fourth-order valence-corrected chi connectivity index (χ4v) is 6.52. The number of thioether (sulfide) groups is 2. The van der Waals surface area contributed by atoms with Gasteiger partial charge in [0.1, 0.15) is 34.2 Å². The molecule has 1 unspecified atom stereocenters. The number of fused-ring (bicyclic) bond motifs is 2. The molecule has 1 saturated heterocycles. The normalized spacial score (nSPS) is 19.2. The minimum absolute atomic E-state index is 0.125. The summed E-state index contributed by atoms with van der Waals surface area (Å²) in [6, 6.07) is 2.47. The second-order valence-corrected chi connectivity index (χ2v) is 10.5. The molecule has 1 fully saturated rings. The van der Waals surface area contributed by atoms with Crippen molar-refractivity contribution in [2.24, 2.45) is 5.16 Å². The van der Waals surface area contributed by atoms with E-state index in [9.17, 15) is 24.3 Å². The number of β-lactam (4-membered cyclic amide) rings is 1. The van der Waals surface area contributed by atoms with Gasteiger partial charge in [0.25, 0.3) is 11.8 Å². The molecule has 3 N–H and O–H groups in total. The van der Waals surface area contributed by atoms with Crippen LogP contribution in [0, 0.1) is 0 Å². The summed E-state index contributed by atoms with van der Waals surface area (Å²) in [7, 11) is 0. The molecule has 0 aromatic carbocycles. The third kappa shape index (κ3) is 5.04. The van der Waals surface area contributed by atoms with Crippen molar-refractivity contribution in [3.63, 3.8) is 0 Å². The SMILES string of the molecule is O=C(O)CON=C(C(=O)NC1C(=O)N2C(C(=O)O)=C(CSc3ccc4nncn4n3)CS[C@@H]12)c1cscn1. The third-order valence-corrected chi connectivity index (χ3v) is 8.23. The van der Waals surface area contributed by atoms with Crippen molar-refractivity contribution in [2.45, 2.75) is 16.4 Å². The number of thiazole rings is 1. The Bertz CT molecular complexity index is 1490. The van der Waals surface area contributed by atoms with E-state index in [1.165, 1.54) is 56.6 Å². The van der Waals surface area contributed by atoms with Crippen LogP contribution in [0.2, 0.25) is 0 Å². The summed E-state index contributed by atoms with van der Waals surface area (Å²) in [4.78, 5) is 58.6. The molecule has 38 heavy (non-hydrogen) atoms. The minimum atomic E-state index is -1.28. The number of hydrogen-bond acceptors (Lipinski definition) is 13. The number of carboxylic acid groups (broad SMARTS) is 2. The van der Waals surface area contributed by atoms with E-state index in [0.29, 0.717) is 22.0 Å². The Kier molecular flexibility index (Phi) is 7.25. The molecule has 15 nitrogen and oxygen atoms in total. The maximum atomic E-state index is 13.0. The Labute approximate surface area is 224 Å². The van der Waals surface area contributed by atoms with E-state index in [1.807, 2.05) is 0 Å². The summed E-state index contributed by atoms with van der Waals surface area (Å²) in [5.41, 5.74) is 2.28. The highest BCUT2D eigenvalue weighted by atomic mass is 32.2. The van der Waals surface area contributed by atoms with Gasteiger partial charge in [-0.05, 0) is 17.7 Å². The summed E-state index contributed by atoms with van der Waals surface area (Å²) >= 11 is 3.81. The second-order valence-electron chi connectivity index (χ2n) is 7.69. The van der Waals surface area contributed by atoms with Gasteiger partial charge in [0.2, 0.25) is 6.61 Å². The first kappa shape index (κ1) is 25.6. The van der Waals surface area contributed by atoms with Gasteiger partial charge in [-0.15, -0.1) is 45.1 Å². The molecule has 0 aliphatic carbocycles. The zero-order chi connectivity index (χ0) is 26.8. The Hall–Kier alpha value is -4.03. The number of nitrogens with one attached hydrogen (secondary N) is 1. The first-order valence-corrected chi connectivity index (χ1v) is 13.6. The van der Waals surface area contributed by atoms with Crippen LogP contribution in [0.1, 0.15) is 5.69 Å². The van der Waals surface area contributed by atoms with Crippen molar-refractivity contribution in [3.8, 4) is 0 Å². The Morgan fingerprint density at radius 1 is 1.29 bits per heavy atom. The quantitative estimate of drug-likeness (QED) is 0.125. The molecular weight excluding hydrogens is 560 g/mol. The number of amides is 2. The van der Waals surface area contributed by atoms with Crippen molar-refractivity contribution >= 4 is 70.0 Å². The van der Waals surface area contributed by atoms with E-state index in [0.717, 1.165) is 4.90 Å². The molecule has 196 valence electrons. The summed E-state index contributed by atoms with van der Waals surface area (Å²) in [5, 5.41) is 38.3. The number of hydrogen-bond donors (Lipinski definition) is 3. The highest BCUT2D eigenvalue weighted by Crippen LogP contribution is 2.41. The van der Waals surface area contributed by atoms with Crippen LogP contribution >= 0.6 is 34.9 Å². The van der Waals surface area contributed by atoms with Crippen LogP contribution in [0.25, 0.3) is 5.65 Å². The van der Waals surface area contributed by atoms with Gasteiger partial charge >= 0.3 is 11.9 Å². The van der Waals surface area contributed by atoms with E-state index >= 15 is 0 Å². The lowest BCUT2D eigenvalue weighted by molar-refractivity contribution is -0.150. The predicted octanol–water partition coefficient (Wildman–Crippen LogP) is -0.0830. The van der Waals surface area contributed by atoms with Crippen molar-refractivity contribution in [3.05, 3.63) is 46.3 Å². The van der Waals surface area contributed by atoms with E-state index in [2.05, 4.69) is 30.8 Å². The molecule has 0 saturated carbocycles. The number of rotatable bonds is 10. The lowest BCUT2D eigenvalue weighted by atomic mass is 10.0. The number of oxime groups is 1. The summed E-state index contributed by atoms with van der Waals surface area (Å²) in [5.74, 6) is -3.34. The van der Waals surface area contributed by atoms with Gasteiger partial charge in [-0.2, -0.15) is 9.61 Å². The van der Waals surface area contributed by atoms with E-state index < -0.39 is 41.8 Å². The number of aromatic nitrogens is 5. The molecule has 5 heterocycles. The maximum absolute atomic E-state index is 13.0. The van der Waals surface area contributed by atoms with Gasteiger partial charge in [0.05, 0.1) is 5.51 Å². The highest BCUT2D eigenvalue weighted by Gasteiger charge is 2.54. The van der Waals surface area contributed by atoms with Crippen molar-refractivity contribution in [2.75, 3.05) is 18.1 Å². The molecule has 3 aromatic heterocycles. The monoisotopic (exact) mass is 576 g/mol. The average molecular weight is 577 g/mol. The van der Waals surface area contributed by atoms with Crippen molar-refractivity contribution in [1.82, 2.24) is 35.0 Å². The van der Waals surface area contributed by atoms with Crippen LogP contribution in [0.4, 0.5) is 0 Å². The lowest BCUT2D eigenvalue weighted by Gasteiger charge is -2.49. The topological polar surface area (TPSA) is 202 Å². The minimum Gasteiger partial charge on any atom is -0.479 e. The third-order valence-electron chi connectivity index (χ3n) is 5.30. The summed E-state index contributed by atoms with van der Waals surface area (Å²) in [6.45, 7) is -0.772. The molecule has 2 amide bonds. The maximum Gasteiger partial charge on any atom is 0.352 e. The molecule has 18 heteroatoms. The molecular formula is C20H16N8O7S3. The summed E-state index contributed by atoms with van der Waals surface area (Å²) in [6.07, 6.45) is 1.46. The van der Waals surface area contributed by atoms with Crippen LogP contribution in [0.5, 0.6) is 0 Å². The first-order valence-electron chi connectivity index (χ1n) is 10.6. The molecule has 0 spiro atoms. The van der Waals surface area contributed by atoms with Crippen molar-refractivity contribution in [1.29, 1.82) is 0 Å². The second kappa shape index (κ2) is 10.8. The fourth-order valence-electron chi connectivity index (χ4n) is 3.64. The fraction of sp³-hybridized carbons (Fsp3) is 0.250. The van der Waals surface area contributed by atoms with E-state index in [4.69, 9.17) is 9.94 Å². The van der Waals surface area contributed by atoms with Crippen LogP contribution in [0.15, 0.2) is 50.8 Å². The molecule has 0 radical (unpaired) electrons. The number of nitrogens with zero attached hydrogens (tertiary/aromatic N) is 7. The van der Waals surface area contributed by atoms with Gasteiger partial charge in [0, 0.05) is 16.9 Å². The standard InChI is InChI=1S/C20H16N8O7S3/c29-13(30)3-35-26-14(10-6-36-8-21-10)17(31)23-15-18(32)28-16(20(33)34)9(5-38-19(15)28)4-37-12-2-1-11-24-22-7-27(11)25-12/h1-2,6-8,15,19H,3-5H2,(H,23,31)(H,29,30)(H,33,34)/t15?,19-/m0/s1. The number of carboxylic acids is 2. The smallest absolute Gasteiger partial charge is 0.352 e. The zero-order valence-corrected chi connectivity index (χ0v) is 21.4. The van der Waals surface area contributed by atoms with E-state index in [-0.39, 0.29) is 22.9 Å². The largest absolute Gasteiger partial charge is 0.479 e. The Morgan fingerprint density at radius 2 is 2.13 bits per heavy atom. The molecule has 2 aliphatic heterocycles. The Morgan fingerprint density at radius 3 is 2.87 bits per heavy atom. The molecule has 0 bridgehead atoms. The zero-order valence-electron chi connectivity index (χ0n) is 19.0. The van der Waals surface area contributed by atoms with Gasteiger partial charge < -0.3 is 20.4 Å². The molecule has 2 atom stereocenters. The average Bonchev–Trinajstić information content (AvgIpc) is 3.59. The molecule has 5 rings (SSSR count). The highest BCUT2D eigenvalue weighted by molar-refractivity contribution is 8.01. The number of carbonyl (C=O) groups is 4. The number of carbonyl (C=O) groups excluding carboxylic acids is 2. The van der Waals surface area contributed by atoms with Crippen LogP contribution in [-0.2, 0) is 24.0 Å². The van der Waals surface area contributed by atoms with Crippen LogP contribution in [-0.4, -0.2) is 98.9 Å². The Balaban J connectivity index is 1.29. The van der Waals surface area contributed by atoms with Crippen LogP contribution in [0.3, 0.4) is 0 Å². The first-order chi connectivity index (χ1) is 18.3. The van der Waals surface area contributed by atoms with Gasteiger partial charge in [0.15, 0.2) is 11.4 Å². The van der Waals surface area contributed by atoms with Gasteiger partial charge in [-0.3, -0.25) is 14.5 Å².